The topological polar surface area (TPSA) is 62.1 Å². The molecule has 0 aromatic heterocycles. The Morgan fingerprint density at radius 2 is 1.79 bits per heavy atom. The van der Waals surface area contributed by atoms with Gasteiger partial charge in [-0.3, -0.25) is 4.79 Å². The number of ether oxygens (including phenoxy) is 1. The first kappa shape index (κ1) is 24.2. The number of aryl methyl sites for hydroxylation is 2. The average molecular weight is 507 g/mol. The number of nitriles is 1. The van der Waals surface area contributed by atoms with Gasteiger partial charge in [0.05, 0.1) is 6.61 Å². The summed E-state index contributed by atoms with van der Waals surface area (Å²) in [5.41, 5.74) is 5.55. The molecule has 0 unspecified atom stereocenters. The zero-order valence-electron chi connectivity index (χ0n) is 18.7. The summed E-state index contributed by atoms with van der Waals surface area (Å²) in [7, 11) is 0. The molecule has 0 aliphatic rings. The van der Waals surface area contributed by atoms with Gasteiger partial charge in [-0.25, -0.2) is 4.39 Å². The zero-order chi connectivity index (χ0) is 24.0. The molecule has 0 bridgehead atoms. The van der Waals surface area contributed by atoms with E-state index in [9.17, 15) is 14.4 Å². The lowest BCUT2D eigenvalue weighted by atomic mass is 9.98. The van der Waals surface area contributed by atoms with Crippen LogP contribution in [0.2, 0.25) is 0 Å². The van der Waals surface area contributed by atoms with Crippen LogP contribution in [0, 0.1) is 31.0 Å². The van der Waals surface area contributed by atoms with Crippen LogP contribution in [0.1, 0.15) is 34.7 Å². The highest BCUT2D eigenvalue weighted by molar-refractivity contribution is 9.10. The molecule has 3 rings (SSSR count). The smallest absolute Gasteiger partial charge is 0.266 e. The van der Waals surface area contributed by atoms with Crippen molar-refractivity contribution in [2.75, 3.05) is 11.9 Å². The largest absolute Gasteiger partial charge is 0.494 e. The Bertz CT molecular complexity index is 1220. The minimum atomic E-state index is -0.572. The predicted molar refractivity (Wildman–Crippen MR) is 133 cm³/mol. The number of benzene rings is 3. The number of rotatable bonds is 7. The molecule has 0 spiro atoms. The van der Waals surface area contributed by atoms with Crippen LogP contribution in [-0.2, 0) is 11.2 Å². The molecule has 3 aromatic carbocycles. The van der Waals surface area contributed by atoms with Crippen molar-refractivity contribution < 1.29 is 13.9 Å². The number of halogens is 2. The number of hydrogen-bond acceptors (Lipinski definition) is 3. The molecule has 1 N–H and O–H groups in total. The maximum Gasteiger partial charge on any atom is 0.266 e. The van der Waals surface area contributed by atoms with Gasteiger partial charge in [-0.15, -0.1) is 0 Å². The highest BCUT2D eigenvalue weighted by Gasteiger charge is 2.14. The van der Waals surface area contributed by atoms with Gasteiger partial charge in [0.15, 0.2) is 0 Å². The van der Waals surface area contributed by atoms with Crippen LogP contribution in [0.15, 0.2) is 64.6 Å². The molecule has 0 radical (unpaired) electrons. The normalized spacial score (nSPS) is 11.1. The Morgan fingerprint density at radius 3 is 2.39 bits per heavy atom. The van der Waals surface area contributed by atoms with E-state index in [2.05, 4.69) is 53.3 Å². The van der Waals surface area contributed by atoms with Gasteiger partial charge in [0.2, 0.25) is 0 Å². The fraction of sp³-hybridized carbons (Fsp3) is 0.185. The van der Waals surface area contributed by atoms with Crippen LogP contribution in [-0.4, -0.2) is 12.5 Å². The maximum atomic E-state index is 13.1. The third kappa shape index (κ3) is 6.53. The Balaban J connectivity index is 1.92. The van der Waals surface area contributed by atoms with Crippen LogP contribution >= 0.6 is 15.9 Å². The quantitative estimate of drug-likeness (QED) is 0.285. The number of carbonyl (C=O) groups excluding carboxylic acids is 1. The minimum absolute atomic E-state index is 0.0734. The van der Waals surface area contributed by atoms with Crippen molar-refractivity contribution in [3.63, 3.8) is 0 Å². The van der Waals surface area contributed by atoms with Crippen molar-refractivity contribution in [2.45, 2.75) is 27.2 Å². The fourth-order valence-corrected chi connectivity index (χ4v) is 4.19. The van der Waals surface area contributed by atoms with Crippen molar-refractivity contribution in [1.29, 1.82) is 5.26 Å². The van der Waals surface area contributed by atoms with Crippen LogP contribution in [0.4, 0.5) is 10.1 Å². The molecule has 0 aliphatic carbocycles. The molecule has 168 valence electrons. The number of nitrogens with zero attached hydrogens (tertiary/aromatic N) is 1. The second-order valence-corrected chi connectivity index (χ2v) is 8.57. The summed E-state index contributed by atoms with van der Waals surface area (Å²) in [4.78, 5) is 12.6. The Morgan fingerprint density at radius 1 is 1.12 bits per heavy atom. The number of hydrogen-bond donors (Lipinski definition) is 1. The second kappa shape index (κ2) is 10.9. The number of carbonyl (C=O) groups is 1. The van der Waals surface area contributed by atoms with E-state index in [1.807, 2.05) is 25.1 Å². The van der Waals surface area contributed by atoms with Gasteiger partial charge in [-0.05, 0) is 74.4 Å². The summed E-state index contributed by atoms with van der Waals surface area (Å²) in [5.74, 6) is -0.288. The van der Waals surface area contributed by atoms with E-state index >= 15 is 0 Å². The van der Waals surface area contributed by atoms with Crippen LogP contribution in [0.5, 0.6) is 5.75 Å². The minimum Gasteiger partial charge on any atom is -0.494 e. The summed E-state index contributed by atoms with van der Waals surface area (Å²) in [6, 6.07) is 17.4. The molecule has 6 heteroatoms. The molecule has 3 aromatic rings. The molecule has 0 aliphatic heterocycles. The predicted octanol–water partition coefficient (Wildman–Crippen LogP) is 6.74. The molecule has 0 atom stereocenters. The van der Waals surface area contributed by atoms with Gasteiger partial charge in [0.25, 0.3) is 5.91 Å². The van der Waals surface area contributed by atoms with Crippen molar-refractivity contribution in [1.82, 2.24) is 0 Å². The number of anilines is 1. The van der Waals surface area contributed by atoms with Crippen molar-refractivity contribution >= 4 is 33.6 Å². The lowest BCUT2D eigenvalue weighted by molar-refractivity contribution is -0.112. The van der Waals surface area contributed by atoms with Gasteiger partial charge in [0.1, 0.15) is 23.2 Å². The molecule has 1 amide bonds. The summed E-state index contributed by atoms with van der Waals surface area (Å²) >= 11 is 3.64. The summed E-state index contributed by atoms with van der Waals surface area (Å²) in [5, 5.41) is 12.2. The summed E-state index contributed by atoms with van der Waals surface area (Å²) in [6.45, 7) is 6.54. The third-order valence-corrected chi connectivity index (χ3v) is 5.62. The van der Waals surface area contributed by atoms with E-state index in [4.69, 9.17) is 4.74 Å². The highest BCUT2D eigenvalue weighted by Crippen LogP contribution is 2.32. The van der Waals surface area contributed by atoms with Crippen LogP contribution in [0.25, 0.3) is 6.08 Å². The Kier molecular flexibility index (Phi) is 8.02. The highest BCUT2D eigenvalue weighted by atomic mass is 79.9. The fourth-order valence-electron chi connectivity index (χ4n) is 3.59. The lowest BCUT2D eigenvalue weighted by Crippen LogP contribution is -2.13. The van der Waals surface area contributed by atoms with E-state index in [1.54, 1.807) is 0 Å². The van der Waals surface area contributed by atoms with Gasteiger partial charge < -0.3 is 10.1 Å². The van der Waals surface area contributed by atoms with E-state index in [0.717, 1.165) is 10.0 Å². The van der Waals surface area contributed by atoms with Crippen molar-refractivity contribution in [3.05, 3.63) is 98.3 Å². The molecular formula is C27H24BrFN2O2. The SMILES string of the molecule is CCOc1cc(/C=C(\C#N)C(=O)Nc2ccc(F)cc2)cc(Br)c1Cc1cc(C)cc(C)c1. The Hall–Kier alpha value is -3.43. The van der Waals surface area contributed by atoms with Gasteiger partial charge in [0, 0.05) is 22.1 Å². The molecule has 4 nitrogen and oxygen atoms in total. The van der Waals surface area contributed by atoms with Gasteiger partial charge in [-0.1, -0.05) is 45.3 Å². The van der Waals surface area contributed by atoms with E-state index in [1.165, 1.54) is 47.0 Å². The standard InChI is InChI=1S/C27H24BrFN2O2/c1-4-33-26-15-20(12-21(16-30)27(32)31-23-7-5-22(29)6-8-23)14-25(28)24(26)13-19-10-17(2)9-18(3)11-19/h5-12,14-15H,4,13H2,1-3H3,(H,31,32)/b21-12+. The molecule has 0 heterocycles. The lowest BCUT2D eigenvalue weighted by Gasteiger charge is -2.15. The molecule has 0 saturated heterocycles. The monoisotopic (exact) mass is 506 g/mol. The van der Waals surface area contributed by atoms with Crippen LogP contribution < -0.4 is 10.1 Å². The van der Waals surface area contributed by atoms with Gasteiger partial charge >= 0.3 is 0 Å². The van der Waals surface area contributed by atoms with E-state index < -0.39 is 11.7 Å². The first-order chi connectivity index (χ1) is 15.8. The molecule has 0 saturated carbocycles. The number of nitrogens with one attached hydrogen (secondary N) is 1. The van der Waals surface area contributed by atoms with Crippen molar-refractivity contribution in [2.24, 2.45) is 0 Å². The Labute approximate surface area is 201 Å². The van der Waals surface area contributed by atoms with E-state index in [0.29, 0.717) is 30.0 Å². The number of amides is 1. The average Bonchev–Trinajstić information content (AvgIpc) is 2.75. The summed E-state index contributed by atoms with van der Waals surface area (Å²) in [6.07, 6.45) is 2.19. The maximum absolute atomic E-state index is 13.1. The van der Waals surface area contributed by atoms with Crippen LogP contribution in [0.3, 0.4) is 0 Å². The van der Waals surface area contributed by atoms with E-state index in [-0.39, 0.29) is 5.57 Å². The van der Waals surface area contributed by atoms with Gasteiger partial charge in [-0.2, -0.15) is 5.26 Å². The second-order valence-electron chi connectivity index (χ2n) is 7.72. The first-order valence-corrected chi connectivity index (χ1v) is 11.3. The molecule has 33 heavy (non-hydrogen) atoms. The zero-order valence-corrected chi connectivity index (χ0v) is 20.3. The molecular weight excluding hydrogens is 483 g/mol. The van der Waals surface area contributed by atoms with Crippen molar-refractivity contribution in [3.8, 4) is 11.8 Å². The molecule has 0 fully saturated rings. The third-order valence-electron chi connectivity index (χ3n) is 4.92. The first-order valence-electron chi connectivity index (χ1n) is 10.5. The summed E-state index contributed by atoms with van der Waals surface area (Å²) < 4.78 is 19.8.